The largest absolute Gasteiger partial charge is 0.456 e. The van der Waals surface area contributed by atoms with Gasteiger partial charge in [0.05, 0.1) is 0 Å². The van der Waals surface area contributed by atoms with E-state index in [4.69, 9.17) is 18.2 Å². The lowest BCUT2D eigenvalue weighted by molar-refractivity contribution is 0.620. The molecule has 1 aliphatic rings. The number of benzene rings is 8. The summed E-state index contributed by atoms with van der Waals surface area (Å²) in [7, 11) is 0. The Balaban J connectivity index is 0.976. The van der Waals surface area contributed by atoms with Gasteiger partial charge >= 0.3 is 0 Å². The average Bonchev–Trinajstić information content (AvgIpc) is 4.00. The average molecular weight is 735 g/mol. The van der Waals surface area contributed by atoms with Crippen LogP contribution in [0.4, 0.5) is 17.1 Å². The molecule has 0 amide bonds. The second-order valence-electron chi connectivity index (χ2n) is 15.5. The fourth-order valence-electron chi connectivity index (χ4n) is 9.09. The Morgan fingerprint density at radius 3 is 2.00 bits per heavy atom. The standard InChI is InChI=1S/C52H34N2O3/c1-52(2)43-17-8-6-13-37(43)41-27-34(24-26-44(41)52)54(35-23-25-39-38-14-7-9-18-46(38)55-47(39)28-35)33-21-19-31(20-22-33)36-15-10-16-40-42-29-49-45(30-48(42)56-50(36)40)53-51(57-49)32-11-4-3-5-12-32/h3-30H,1-2H3. The highest BCUT2D eigenvalue weighted by Crippen LogP contribution is 2.51. The molecule has 270 valence electrons. The molecule has 5 nitrogen and oxygen atoms in total. The van der Waals surface area contributed by atoms with Gasteiger partial charge < -0.3 is 18.2 Å². The predicted molar refractivity (Wildman–Crippen MR) is 232 cm³/mol. The number of furan rings is 2. The van der Waals surface area contributed by atoms with Crippen molar-refractivity contribution in [2.45, 2.75) is 19.3 Å². The van der Waals surface area contributed by atoms with Crippen molar-refractivity contribution in [1.29, 1.82) is 0 Å². The van der Waals surface area contributed by atoms with Crippen LogP contribution in [0.5, 0.6) is 0 Å². The maximum atomic E-state index is 6.63. The van der Waals surface area contributed by atoms with E-state index < -0.39 is 0 Å². The molecular weight excluding hydrogens is 701 g/mol. The number of anilines is 3. The van der Waals surface area contributed by atoms with Crippen molar-refractivity contribution in [2.24, 2.45) is 0 Å². The van der Waals surface area contributed by atoms with Crippen LogP contribution in [0.1, 0.15) is 25.0 Å². The summed E-state index contributed by atoms with van der Waals surface area (Å²) in [5.74, 6) is 0.600. The summed E-state index contributed by atoms with van der Waals surface area (Å²) in [5, 5.41) is 4.26. The third-order valence-electron chi connectivity index (χ3n) is 11.9. The molecule has 5 heteroatoms. The highest BCUT2D eigenvalue weighted by Gasteiger charge is 2.35. The van der Waals surface area contributed by atoms with Crippen LogP contribution in [0, 0.1) is 0 Å². The van der Waals surface area contributed by atoms with Gasteiger partial charge in [0.15, 0.2) is 5.58 Å². The first-order valence-electron chi connectivity index (χ1n) is 19.4. The monoisotopic (exact) mass is 734 g/mol. The molecule has 3 heterocycles. The van der Waals surface area contributed by atoms with Crippen LogP contribution in [0.3, 0.4) is 0 Å². The van der Waals surface area contributed by atoms with Crippen LogP contribution >= 0.6 is 0 Å². The lowest BCUT2D eigenvalue weighted by Crippen LogP contribution is -2.15. The van der Waals surface area contributed by atoms with Crippen LogP contribution in [-0.2, 0) is 5.41 Å². The van der Waals surface area contributed by atoms with Gasteiger partial charge in [0, 0.05) is 67.3 Å². The SMILES string of the molecule is CC1(C)c2ccccc2-c2cc(N(c3ccc(-c4cccc5c4oc4cc6nc(-c7ccccc7)oc6cc45)cc3)c3ccc4c(c3)oc3ccccc34)ccc21. The Bertz CT molecular complexity index is 3380. The molecular formula is C52H34N2O3. The second kappa shape index (κ2) is 11.8. The summed E-state index contributed by atoms with van der Waals surface area (Å²) in [5.41, 5.74) is 16.2. The number of para-hydroxylation sites is 2. The minimum atomic E-state index is -0.0762. The molecule has 11 aromatic rings. The normalized spacial score (nSPS) is 13.2. The molecule has 0 N–H and O–H groups in total. The number of oxazole rings is 1. The zero-order valence-electron chi connectivity index (χ0n) is 31.3. The number of nitrogens with zero attached hydrogens (tertiary/aromatic N) is 2. The first-order valence-corrected chi connectivity index (χ1v) is 19.4. The lowest BCUT2D eigenvalue weighted by Gasteiger charge is -2.27. The van der Waals surface area contributed by atoms with Crippen molar-refractivity contribution < 1.29 is 13.3 Å². The molecule has 8 aromatic carbocycles. The molecule has 0 radical (unpaired) electrons. The van der Waals surface area contributed by atoms with E-state index in [0.717, 1.165) is 88.7 Å². The summed E-state index contributed by atoms with van der Waals surface area (Å²) < 4.78 is 19.3. The number of rotatable bonds is 5. The Morgan fingerprint density at radius 2 is 1.11 bits per heavy atom. The number of hydrogen-bond donors (Lipinski definition) is 0. The van der Waals surface area contributed by atoms with Gasteiger partial charge in [-0.3, -0.25) is 0 Å². The van der Waals surface area contributed by atoms with Crippen LogP contribution in [-0.4, -0.2) is 4.98 Å². The molecule has 0 bridgehead atoms. The summed E-state index contributed by atoms with van der Waals surface area (Å²) in [6.07, 6.45) is 0. The van der Waals surface area contributed by atoms with Gasteiger partial charge in [-0.2, -0.15) is 0 Å². The third kappa shape index (κ3) is 4.79. The summed E-state index contributed by atoms with van der Waals surface area (Å²) >= 11 is 0. The zero-order valence-corrected chi connectivity index (χ0v) is 31.3. The Hall–Kier alpha value is -7.37. The van der Waals surface area contributed by atoms with E-state index in [-0.39, 0.29) is 5.41 Å². The minimum absolute atomic E-state index is 0.0762. The first-order chi connectivity index (χ1) is 28.0. The van der Waals surface area contributed by atoms with E-state index in [1.54, 1.807) is 0 Å². The number of fused-ring (bicyclic) bond motifs is 10. The molecule has 3 aromatic heterocycles. The molecule has 0 saturated carbocycles. The van der Waals surface area contributed by atoms with E-state index >= 15 is 0 Å². The van der Waals surface area contributed by atoms with E-state index in [9.17, 15) is 0 Å². The summed E-state index contributed by atoms with van der Waals surface area (Å²) in [4.78, 5) is 7.12. The van der Waals surface area contributed by atoms with Crippen molar-refractivity contribution in [3.63, 3.8) is 0 Å². The molecule has 57 heavy (non-hydrogen) atoms. The van der Waals surface area contributed by atoms with Crippen molar-refractivity contribution in [3.05, 3.63) is 181 Å². The molecule has 0 unspecified atom stereocenters. The molecule has 0 saturated heterocycles. The van der Waals surface area contributed by atoms with Crippen LogP contribution in [0.15, 0.2) is 183 Å². The number of aromatic nitrogens is 1. The topological polar surface area (TPSA) is 55.6 Å². The first kappa shape index (κ1) is 31.9. The van der Waals surface area contributed by atoms with E-state index in [1.807, 2.05) is 48.5 Å². The molecule has 12 rings (SSSR count). The predicted octanol–water partition coefficient (Wildman–Crippen LogP) is 14.7. The summed E-state index contributed by atoms with van der Waals surface area (Å²) in [6, 6.07) is 59.6. The highest BCUT2D eigenvalue weighted by atomic mass is 16.4. The summed E-state index contributed by atoms with van der Waals surface area (Å²) in [6.45, 7) is 4.64. The highest BCUT2D eigenvalue weighted by molar-refractivity contribution is 6.12. The maximum absolute atomic E-state index is 6.63. The third-order valence-corrected chi connectivity index (χ3v) is 11.9. The minimum Gasteiger partial charge on any atom is -0.456 e. The van der Waals surface area contributed by atoms with E-state index in [0.29, 0.717) is 5.89 Å². The fraction of sp³-hybridized carbons (Fsp3) is 0.0577. The van der Waals surface area contributed by atoms with Gasteiger partial charge in [0.2, 0.25) is 5.89 Å². The quantitative estimate of drug-likeness (QED) is 0.176. The van der Waals surface area contributed by atoms with Crippen molar-refractivity contribution in [3.8, 4) is 33.7 Å². The number of hydrogen-bond acceptors (Lipinski definition) is 5. The van der Waals surface area contributed by atoms with Crippen molar-refractivity contribution >= 4 is 72.0 Å². The molecule has 0 aliphatic heterocycles. The van der Waals surface area contributed by atoms with Crippen molar-refractivity contribution in [2.75, 3.05) is 4.90 Å². The Kier molecular flexibility index (Phi) is 6.62. The van der Waals surface area contributed by atoms with Gasteiger partial charge in [-0.1, -0.05) is 111 Å². The fourth-order valence-corrected chi connectivity index (χ4v) is 9.09. The van der Waals surface area contributed by atoms with Gasteiger partial charge in [0.1, 0.15) is 27.8 Å². The van der Waals surface area contributed by atoms with Crippen LogP contribution in [0.2, 0.25) is 0 Å². The van der Waals surface area contributed by atoms with Gasteiger partial charge in [-0.05, 0) is 88.5 Å². The maximum Gasteiger partial charge on any atom is 0.227 e. The smallest absolute Gasteiger partial charge is 0.227 e. The molecule has 0 fully saturated rings. The van der Waals surface area contributed by atoms with Gasteiger partial charge in [-0.15, -0.1) is 0 Å². The second-order valence-corrected chi connectivity index (χ2v) is 15.5. The van der Waals surface area contributed by atoms with Gasteiger partial charge in [-0.25, -0.2) is 4.98 Å². The Labute approximate surface area is 328 Å². The Morgan fingerprint density at radius 1 is 0.421 bits per heavy atom. The zero-order chi connectivity index (χ0) is 37.8. The van der Waals surface area contributed by atoms with E-state index in [1.165, 1.54) is 22.3 Å². The van der Waals surface area contributed by atoms with Crippen LogP contribution in [0.25, 0.3) is 88.7 Å². The molecule has 0 atom stereocenters. The van der Waals surface area contributed by atoms with Crippen molar-refractivity contribution in [1.82, 2.24) is 4.98 Å². The molecule has 0 spiro atoms. The molecule has 1 aliphatic carbocycles. The van der Waals surface area contributed by atoms with Gasteiger partial charge in [0.25, 0.3) is 0 Å². The van der Waals surface area contributed by atoms with Crippen LogP contribution < -0.4 is 4.90 Å². The van der Waals surface area contributed by atoms with E-state index in [2.05, 4.69) is 140 Å². The lowest BCUT2D eigenvalue weighted by atomic mass is 9.82.